The summed E-state index contributed by atoms with van der Waals surface area (Å²) >= 11 is 12.0. The van der Waals surface area contributed by atoms with Gasteiger partial charge < -0.3 is 4.84 Å². The van der Waals surface area contributed by atoms with Crippen molar-refractivity contribution in [3.63, 3.8) is 0 Å². The minimum atomic E-state index is -5.58. The molecule has 0 aliphatic carbocycles. The van der Waals surface area contributed by atoms with Crippen LogP contribution in [-0.2, 0) is 21.5 Å². The fourth-order valence-electron chi connectivity index (χ4n) is 2.33. The Balaban J connectivity index is 2.33. The van der Waals surface area contributed by atoms with Crippen LogP contribution in [0.1, 0.15) is 30.0 Å². The standard InChI is InChI=1S/C18H17Cl2F3N2O3S/c1-3-15(24-28-10-12-5-4-6-14(19)17(12)20)13-9-11(2)7-8-16(13)25-29(26,27)18(21,22)23/h4-9,25H,3,10H2,1-2H3/b24-15+. The molecule has 0 saturated carbocycles. The molecule has 0 saturated heterocycles. The predicted molar refractivity (Wildman–Crippen MR) is 108 cm³/mol. The van der Waals surface area contributed by atoms with Gasteiger partial charge in [0.25, 0.3) is 0 Å². The predicted octanol–water partition coefficient (Wildman–Crippen LogP) is 5.89. The molecule has 29 heavy (non-hydrogen) atoms. The monoisotopic (exact) mass is 468 g/mol. The smallest absolute Gasteiger partial charge is 0.391 e. The molecule has 0 unspecified atom stereocenters. The Kier molecular flexibility index (Phi) is 7.42. The van der Waals surface area contributed by atoms with E-state index in [0.717, 1.165) is 0 Å². The van der Waals surface area contributed by atoms with E-state index in [9.17, 15) is 21.6 Å². The number of anilines is 1. The van der Waals surface area contributed by atoms with Crippen molar-refractivity contribution in [1.29, 1.82) is 0 Å². The van der Waals surface area contributed by atoms with Gasteiger partial charge >= 0.3 is 15.5 Å². The minimum absolute atomic E-state index is 0.0294. The number of rotatable bonds is 7. The highest BCUT2D eigenvalue weighted by atomic mass is 35.5. The molecule has 0 radical (unpaired) electrons. The Morgan fingerprint density at radius 2 is 1.90 bits per heavy atom. The number of aryl methyl sites for hydroxylation is 1. The van der Waals surface area contributed by atoms with Crippen LogP contribution in [0.2, 0.25) is 10.0 Å². The number of oxime groups is 1. The van der Waals surface area contributed by atoms with Gasteiger partial charge in [0.05, 0.1) is 21.4 Å². The summed E-state index contributed by atoms with van der Waals surface area (Å²) in [5.74, 6) is 0. The molecule has 0 aliphatic heterocycles. The highest BCUT2D eigenvalue weighted by Crippen LogP contribution is 2.29. The lowest BCUT2D eigenvalue weighted by molar-refractivity contribution is -0.0429. The van der Waals surface area contributed by atoms with Crippen molar-refractivity contribution in [1.82, 2.24) is 0 Å². The Bertz CT molecular complexity index is 1030. The zero-order chi connectivity index (χ0) is 21.8. The maximum Gasteiger partial charge on any atom is 0.516 e. The topological polar surface area (TPSA) is 67.8 Å². The first-order valence-corrected chi connectivity index (χ1v) is 10.5. The summed E-state index contributed by atoms with van der Waals surface area (Å²) in [5, 5.41) is 4.62. The summed E-state index contributed by atoms with van der Waals surface area (Å²) in [4.78, 5) is 5.30. The van der Waals surface area contributed by atoms with Gasteiger partial charge in [-0.15, -0.1) is 0 Å². The quantitative estimate of drug-likeness (QED) is 0.406. The van der Waals surface area contributed by atoms with Gasteiger partial charge in [0, 0.05) is 11.1 Å². The Hall–Kier alpha value is -1.97. The van der Waals surface area contributed by atoms with E-state index in [0.29, 0.717) is 21.2 Å². The molecule has 2 aromatic rings. The highest BCUT2D eigenvalue weighted by Gasteiger charge is 2.46. The first kappa shape index (κ1) is 23.3. The number of nitrogens with one attached hydrogen (secondary N) is 1. The largest absolute Gasteiger partial charge is 0.516 e. The number of alkyl halides is 3. The van der Waals surface area contributed by atoms with Gasteiger partial charge in [-0.25, -0.2) is 0 Å². The molecule has 2 rings (SSSR count). The van der Waals surface area contributed by atoms with Crippen LogP contribution in [0, 0.1) is 6.92 Å². The molecule has 1 N–H and O–H groups in total. The van der Waals surface area contributed by atoms with Crippen molar-refractivity contribution in [2.45, 2.75) is 32.4 Å². The van der Waals surface area contributed by atoms with Gasteiger partial charge in [0.2, 0.25) is 0 Å². The molecular weight excluding hydrogens is 452 g/mol. The van der Waals surface area contributed by atoms with Crippen LogP contribution in [-0.4, -0.2) is 19.6 Å². The number of hydrogen-bond donors (Lipinski definition) is 1. The van der Waals surface area contributed by atoms with Crippen LogP contribution in [0.3, 0.4) is 0 Å². The third-order valence-corrected chi connectivity index (χ3v) is 5.75. The van der Waals surface area contributed by atoms with E-state index in [1.807, 2.05) is 0 Å². The highest BCUT2D eigenvalue weighted by molar-refractivity contribution is 7.93. The second-order valence-electron chi connectivity index (χ2n) is 5.98. The SMILES string of the molecule is CC/C(=N\OCc1cccc(Cl)c1Cl)c1cc(C)ccc1NS(=O)(=O)C(F)(F)F. The second-order valence-corrected chi connectivity index (χ2v) is 8.44. The fourth-order valence-corrected chi connectivity index (χ4v) is 3.29. The minimum Gasteiger partial charge on any atom is -0.391 e. The van der Waals surface area contributed by atoms with Gasteiger partial charge in [0.1, 0.15) is 6.61 Å². The van der Waals surface area contributed by atoms with E-state index >= 15 is 0 Å². The summed E-state index contributed by atoms with van der Waals surface area (Å²) in [6.07, 6.45) is 0.271. The van der Waals surface area contributed by atoms with Gasteiger partial charge in [-0.3, -0.25) is 4.72 Å². The molecule has 158 valence electrons. The Labute approximate surface area is 176 Å². The van der Waals surface area contributed by atoms with Crippen molar-refractivity contribution < 1.29 is 26.4 Å². The van der Waals surface area contributed by atoms with Gasteiger partial charge in [-0.1, -0.05) is 59.0 Å². The molecule has 0 atom stereocenters. The summed E-state index contributed by atoms with van der Waals surface area (Å²) < 4.78 is 62.8. The van der Waals surface area contributed by atoms with E-state index in [1.54, 1.807) is 36.8 Å². The van der Waals surface area contributed by atoms with Crippen LogP contribution in [0.5, 0.6) is 0 Å². The van der Waals surface area contributed by atoms with Gasteiger partial charge in [-0.05, 0) is 31.5 Å². The fraction of sp³-hybridized carbons (Fsp3) is 0.278. The van der Waals surface area contributed by atoms with E-state index in [1.165, 1.54) is 18.2 Å². The normalized spacial score (nSPS) is 12.7. The van der Waals surface area contributed by atoms with E-state index < -0.39 is 15.5 Å². The Morgan fingerprint density at radius 3 is 2.52 bits per heavy atom. The van der Waals surface area contributed by atoms with E-state index in [-0.39, 0.29) is 30.0 Å². The maximum absolute atomic E-state index is 12.7. The second kappa shape index (κ2) is 9.23. The van der Waals surface area contributed by atoms with Crippen molar-refractivity contribution in [2.75, 3.05) is 4.72 Å². The molecular formula is C18H17Cl2F3N2O3S. The van der Waals surface area contributed by atoms with E-state index in [4.69, 9.17) is 28.0 Å². The number of hydrogen-bond acceptors (Lipinski definition) is 4. The average molecular weight is 469 g/mol. The van der Waals surface area contributed by atoms with Gasteiger partial charge in [-0.2, -0.15) is 21.6 Å². The first-order chi connectivity index (χ1) is 13.5. The third-order valence-electron chi connectivity index (χ3n) is 3.80. The van der Waals surface area contributed by atoms with Crippen molar-refractivity contribution in [3.05, 3.63) is 63.1 Å². The molecule has 0 bridgehead atoms. The lowest BCUT2D eigenvalue weighted by Gasteiger charge is -2.15. The van der Waals surface area contributed by atoms with Crippen LogP contribution < -0.4 is 4.72 Å². The molecule has 5 nitrogen and oxygen atoms in total. The maximum atomic E-state index is 12.7. The first-order valence-electron chi connectivity index (χ1n) is 8.28. The van der Waals surface area contributed by atoms with E-state index in [2.05, 4.69) is 5.16 Å². The third kappa shape index (κ3) is 5.77. The summed E-state index contributed by atoms with van der Waals surface area (Å²) in [6, 6.07) is 9.23. The van der Waals surface area contributed by atoms with Gasteiger partial charge in [0.15, 0.2) is 0 Å². The molecule has 0 amide bonds. The van der Waals surface area contributed by atoms with Crippen LogP contribution >= 0.6 is 23.2 Å². The zero-order valence-corrected chi connectivity index (χ0v) is 17.7. The molecule has 0 spiro atoms. The van der Waals surface area contributed by atoms with Crippen molar-refractivity contribution in [2.24, 2.45) is 5.16 Å². The Morgan fingerprint density at radius 1 is 1.21 bits per heavy atom. The van der Waals surface area contributed by atoms with Crippen molar-refractivity contribution >= 4 is 44.6 Å². The molecule has 0 heterocycles. The number of sulfonamides is 1. The van der Waals surface area contributed by atoms with Crippen LogP contribution in [0.4, 0.5) is 18.9 Å². The van der Waals surface area contributed by atoms with Crippen molar-refractivity contribution in [3.8, 4) is 0 Å². The summed E-state index contributed by atoms with van der Waals surface area (Å²) in [6.45, 7) is 3.39. The zero-order valence-electron chi connectivity index (χ0n) is 15.3. The summed E-state index contributed by atoms with van der Waals surface area (Å²) in [5.41, 5.74) is -3.99. The summed E-state index contributed by atoms with van der Waals surface area (Å²) in [7, 11) is -5.58. The molecule has 2 aromatic carbocycles. The lowest BCUT2D eigenvalue weighted by Crippen LogP contribution is -2.30. The average Bonchev–Trinajstić information content (AvgIpc) is 2.63. The molecule has 0 aromatic heterocycles. The number of halogens is 5. The molecule has 0 fully saturated rings. The number of nitrogens with zero attached hydrogens (tertiary/aromatic N) is 1. The lowest BCUT2D eigenvalue weighted by atomic mass is 10.0. The van der Waals surface area contributed by atoms with Crippen LogP contribution in [0.25, 0.3) is 0 Å². The number of benzene rings is 2. The van der Waals surface area contributed by atoms with Crippen LogP contribution in [0.15, 0.2) is 41.6 Å². The molecule has 0 aliphatic rings. The molecule has 11 heteroatoms.